The van der Waals surface area contributed by atoms with Crippen LogP contribution in [-0.2, 0) is 11.3 Å². The molecule has 0 bridgehead atoms. The van der Waals surface area contributed by atoms with Crippen LogP contribution in [0.15, 0.2) is 18.2 Å². The Morgan fingerprint density at radius 2 is 2.21 bits per heavy atom. The summed E-state index contributed by atoms with van der Waals surface area (Å²) in [7, 11) is 0. The number of anilines is 1. The van der Waals surface area contributed by atoms with Gasteiger partial charge in [0.1, 0.15) is 0 Å². The predicted molar refractivity (Wildman–Crippen MR) is 60.4 cm³/mol. The third-order valence-electron chi connectivity index (χ3n) is 2.18. The Labute approximate surface area is 90.0 Å². The molecule has 1 aromatic carbocycles. The highest BCUT2D eigenvalue weighted by atomic mass is 35.5. The second kappa shape index (κ2) is 5.23. The van der Waals surface area contributed by atoms with Crippen molar-refractivity contribution in [3.63, 3.8) is 0 Å². The Morgan fingerprint density at radius 3 is 2.79 bits per heavy atom. The topological polar surface area (TPSA) is 35.2 Å². The molecule has 0 saturated carbocycles. The molecule has 0 fully saturated rings. The Hall–Kier alpha value is -0.730. The number of halogens is 1. The van der Waals surface area contributed by atoms with E-state index in [2.05, 4.69) is 6.92 Å². The summed E-state index contributed by atoms with van der Waals surface area (Å²) in [5, 5.41) is 0.674. The van der Waals surface area contributed by atoms with E-state index in [0.29, 0.717) is 17.3 Å². The molecule has 3 heteroatoms. The van der Waals surface area contributed by atoms with Gasteiger partial charge in [-0.15, -0.1) is 0 Å². The maximum atomic E-state index is 6.00. The molecule has 0 spiro atoms. The van der Waals surface area contributed by atoms with Crippen molar-refractivity contribution in [2.24, 2.45) is 0 Å². The summed E-state index contributed by atoms with van der Waals surface area (Å²) in [5.74, 6) is 0. The van der Waals surface area contributed by atoms with E-state index in [4.69, 9.17) is 22.1 Å². The Bertz CT molecular complexity index is 301. The SMILES string of the molecule is CCC(C)OCc1ccc(N)cc1Cl. The first-order chi connectivity index (χ1) is 6.63. The summed E-state index contributed by atoms with van der Waals surface area (Å²) < 4.78 is 5.57. The van der Waals surface area contributed by atoms with Crippen LogP contribution in [0.3, 0.4) is 0 Å². The molecule has 0 aliphatic carbocycles. The highest BCUT2D eigenvalue weighted by molar-refractivity contribution is 6.31. The highest BCUT2D eigenvalue weighted by Gasteiger charge is 2.03. The van der Waals surface area contributed by atoms with Crippen molar-refractivity contribution in [2.75, 3.05) is 5.73 Å². The zero-order valence-corrected chi connectivity index (χ0v) is 9.34. The van der Waals surface area contributed by atoms with E-state index >= 15 is 0 Å². The number of nitrogens with two attached hydrogens (primary N) is 1. The molecular weight excluding hydrogens is 198 g/mol. The molecule has 0 aromatic heterocycles. The fourth-order valence-corrected chi connectivity index (χ4v) is 1.27. The summed E-state index contributed by atoms with van der Waals surface area (Å²) in [5.41, 5.74) is 7.25. The van der Waals surface area contributed by atoms with Gasteiger partial charge in [0, 0.05) is 10.7 Å². The van der Waals surface area contributed by atoms with Crippen LogP contribution in [0.25, 0.3) is 0 Å². The molecule has 0 aliphatic heterocycles. The van der Waals surface area contributed by atoms with Gasteiger partial charge in [-0.2, -0.15) is 0 Å². The van der Waals surface area contributed by atoms with E-state index in [-0.39, 0.29) is 6.10 Å². The minimum atomic E-state index is 0.267. The molecule has 78 valence electrons. The maximum Gasteiger partial charge on any atom is 0.0734 e. The first kappa shape index (κ1) is 11.3. The minimum absolute atomic E-state index is 0.267. The van der Waals surface area contributed by atoms with Crippen molar-refractivity contribution < 1.29 is 4.74 Å². The van der Waals surface area contributed by atoms with E-state index < -0.39 is 0 Å². The zero-order chi connectivity index (χ0) is 10.6. The molecule has 0 saturated heterocycles. The average molecular weight is 214 g/mol. The second-order valence-electron chi connectivity index (χ2n) is 3.38. The Kier molecular flexibility index (Phi) is 4.23. The van der Waals surface area contributed by atoms with Gasteiger partial charge >= 0.3 is 0 Å². The maximum absolute atomic E-state index is 6.00. The number of rotatable bonds is 4. The molecule has 0 aliphatic rings. The van der Waals surface area contributed by atoms with Crippen LogP contribution in [0.4, 0.5) is 5.69 Å². The van der Waals surface area contributed by atoms with Gasteiger partial charge in [0.05, 0.1) is 12.7 Å². The third kappa shape index (κ3) is 3.20. The summed E-state index contributed by atoms with van der Waals surface area (Å²) >= 11 is 6.00. The molecule has 1 unspecified atom stereocenters. The molecule has 14 heavy (non-hydrogen) atoms. The van der Waals surface area contributed by atoms with Crippen LogP contribution in [0.1, 0.15) is 25.8 Å². The minimum Gasteiger partial charge on any atom is -0.399 e. The van der Waals surface area contributed by atoms with Crippen molar-refractivity contribution in [3.05, 3.63) is 28.8 Å². The number of nitrogen functional groups attached to an aromatic ring is 1. The predicted octanol–water partition coefficient (Wildman–Crippen LogP) is 3.24. The van der Waals surface area contributed by atoms with Crippen molar-refractivity contribution >= 4 is 17.3 Å². The first-order valence-corrected chi connectivity index (χ1v) is 5.16. The van der Waals surface area contributed by atoms with Crippen molar-refractivity contribution in [2.45, 2.75) is 33.0 Å². The molecule has 2 N–H and O–H groups in total. The lowest BCUT2D eigenvalue weighted by Crippen LogP contribution is -2.06. The van der Waals surface area contributed by atoms with Gasteiger partial charge in [-0.3, -0.25) is 0 Å². The number of benzene rings is 1. The average Bonchev–Trinajstić information content (AvgIpc) is 2.16. The summed E-state index contributed by atoms with van der Waals surface area (Å²) in [6.45, 7) is 4.69. The molecule has 2 nitrogen and oxygen atoms in total. The smallest absolute Gasteiger partial charge is 0.0734 e. The van der Waals surface area contributed by atoms with E-state index in [1.807, 2.05) is 19.1 Å². The van der Waals surface area contributed by atoms with Crippen molar-refractivity contribution in [1.29, 1.82) is 0 Å². The lowest BCUT2D eigenvalue weighted by molar-refractivity contribution is 0.0509. The van der Waals surface area contributed by atoms with Crippen LogP contribution >= 0.6 is 11.6 Å². The summed E-state index contributed by atoms with van der Waals surface area (Å²) in [6, 6.07) is 5.48. The van der Waals surface area contributed by atoms with Crippen LogP contribution in [0, 0.1) is 0 Å². The normalized spacial score (nSPS) is 12.8. The van der Waals surface area contributed by atoms with Gasteiger partial charge in [0.2, 0.25) is 0 Å². The number of hydrogen-bond donors (Lipinski definition) is 1. The van der Waals surface area contributed by atoms with Crippen LogP contribution in [-0.4, -0.2) is 6.10 Å². The van der Waals surface area contributed by atoms with Crippen LogP contribution < -0.4 is 5.73 Å². The molecule has 0 radical (unpaired) electrons. The molecule has 1 rings (SSSR count). The monoisotopic (exact) mass is 213 g/mol. The molecule has 0 amide bonds. The lowest BCUT2D eigenvalue weighted by Gasteiger charge is -2.11. The van der Waals surface area contributed by atoms with Crippen LogP contribution in [0.2, 0.25) is 5.02 Å². The van der Waals surface area contributed by atoms with E-state index in [1.54, 1.807) is 6.07 Å². The highest BCUT2D eigenvalue weighted by Crippen LogP contribution is 2.20. The van der Waals surface area contributed by atoms with E-state index in [0.717, 1.165) is 12.0 Å². The van der Waals surface area contributed by atoms with Gasteiger partial charge in [0.25, 0.3) is 0 Å². The molecular formula is C11H16ClNO. The van der Waals surface area contributed by atoms with E-state index in [1.165, 1.54) is 0 Å². The summed E-state index contributed by atoms with van der Waals surface area (Å²) in [4.78, 5) is 0. The number of ether oxygens (including phenoxy) is 1. The fraction of sp³-hybridized carbons (Fsp3) is 0.455. The summed E-state index contributed by atoms with van der Waals surface area (Å²) in [6.07, 6.45) is 1.27. The zero-order valence-electron chi connectivity index (χ0n) is 8.59. The molecule has 1 aromatic rings. The van der Waals surface area contributed by atoms with Gasteiger partial charge in [-0.1, -0.05) is 24.6 Å². The van der Waals surface area contributed by atoms with Crippen LogP contribution in [0.5, 0.6) is 0 Å². The largest absolute Gasteiger partial charge is 0.399 e. The van der Waals surface area contributed by atoms with Gasteiger partial charge in [-0.05, 0) is 31.0 Å². The quantitative estimate of drug-likeness (QED) is 0.780. The van der Waals surface area contributed by atoms with E-state index in [9.17, 15) is 0 Å². The molecule has 1 atom stereocenters. The Balaban J connectivity index is 2.59. The molecule has 0 heterocycles. The van der Waals surface area contributed by atoms with Gasteiger partial charge < -0.3 is 10.5 Å². The van der Waals surface area contributed by atoms with Gasteiger partial charge in [-0.25, -0.2) is 0 Å². The second-order valence-corrected chi connectivity index (χ2v) is 3.79. The van der Waals surface area contributed by atoms with Crippen molar-refractivity contribution in [1.82, 2.24) is 0 Å². The number of hydrogen-bond acceptors (Lipinski definition) is 2. The lowest BCUT2D eigenvalue weighted by atomic mass is 10.2. The van der Waals surface area contributed by atoms with Crippen molar-refractivity contribution in [3.8, 4) is 0 Å². The third-order valence-corrected chi connectivity index (χ3v) is 2.53. The Morgan fingerprint density at radius 1 is 1.50 bits per heavy atom. The van der Waals surface area contributed by atoms with Gasteiger partial charge in [0.15, 0.2) is 0 Å². The fourth-order valence-electron chi connectivity index (χ4n) is 1.03. The first-order valence-electron chi connectivity index (χ1n) is 4.79. The standard InChI is InChI=1S/C11H16ClNO/c1-3-8(2)14-7-9-4-5-10(13)6-11(9)12/h4-6,8H,3,7,13H2,1-2H3.